The summed E-state index contributed by atoms with van der Waals surface area (Å²) in [6, 6.07) is 15.4. The number of amides is 1. The number of hydrogen-bond donors (Lipinski definition) is 2. The first kappa shape index (κ1) is 20.8. The zero-order chi connectivity index (χ0) is 21.8. The Bertz CT molecular complexity index is 1090. The minimum Gasteiger partial charge on any atom is -0.454 e. The van der Waals surface area contributed by atoms with Gasteiger partial charge in [-0.2, -0.15) is 0 Å². The van der Waals surface area contributed by atoms with Gasteiger partial charge in [0.1, 0.15) is 19.6 Å². The lowest BCUT2D eigenvalue weighted by Crippen LogP contribution is -3.12. The van der Waals surface area contributed by atoms with E-state index in [1.165, 1.54) is 16.7 Å². The summed E-state index contributed by atoms with van der Waals surface area (Å²) in [6.07, 6.45) is 0. The molecule has 3 aromatic rings. The average Bonchev–Trinajstić information content (AvgIpc) is 3.45. The fourth-order valence-corrected chi connectivity index (χ4v) is 4.48. The van der Waals surface area contributed by atoms with Crippen molar-refractivity contribution in [1.82, 2.24) is 14.8 Å². The summed E-state index contributed by atoms with van der Waals surface area (Å²) in [5.74, 6) is 2.28. The Balaban J connectivity index is 1.29. The molecule has 0 saturated carbocycles. The number of anilines is 1. The van der Waals surface area contributed by atoms with Crippen molar-refractivity contribution in [3.05, 3.63) is 54.4 Å². The number of rotatable bonds is 7. The topological polar surface area (TPSA) is 91.9 Å². The summed E-state index contributed by atoms with van der Waals surface area (Å²) in [7, 11) is 0. The predicted octanol–water partition coefficient (Wildman–Crippen LogP) is 1.14. The first-order valence-electron chi connectivity index (χ1n) is 10.5. The lowest BCUT2D eigenvalue weighted by atomic mass is 10.3. The summed E-state index contributed by atoms with van der Waals surface area (Å²) < 4.78 is 18.2. The molecule has 2 aliphatic rings. The highest BCUT2D eigenvalue weighted by molar-refractivity contribution is 7.99. The zero-order valence-electron chi connectivity index (χ0n) is 17.5. The van der Waals surface area contributed by atoms with Gasteiger partial charge in [-0.05, 0) is 24.3 Å². The number of thioether (sulfide) groups is 1. The molecule has 10 heteroatoms. The van der Waals surface area contributed by atoms with Crippen LogP contribution in [0, 0.1) is 0 Å². The van der Waals surface area contributed by atoms with Crippen LogP contribution in [0.25, 0.3) is 5.69 Å². The van der Waals surface area contributed by atoms with Gasteiger partial charge in [0.05, 0.1) is 19.0 Å². The van der Waals surface area contributed by atoms with Crippen LogP contribution < -0.4 is 19.7 Å². The van der Waals surface area contributed by atoms with Gasteiger partial charge in [-0.3, -0.25) is 9.36 Å². The van der Waals surface area contributed by atoms with E-state index in [4.69, 9.17) is 14.2 Å². The monoisotopic (exact) mass is 454 g/mol. The van der Waals surface area contributed by atoms with Crippen molar-refractivity contribution in [2.24, 2.45) is 0 Å². The van der Waals surface area contributed by atoms with E-state index in [2.05, 4.69) is 15.5 Å². The molecular weight excluding hydrogens is 430 g/mol. The Morgan fingerprint density at radius 3 is 2.72 bits per heavy atom. The molecule has 9 nitrogen and oxygen atoms in total. The van der Waals surface area contributed by atoms with Gasteiger partial charge in [0.15, 0.2) is 22.5 Å². The van der Waals surface area contributed by atoms with Gasteiger partial charge in [-0.25, -0.2) is 0 Å². The molecule has 1 aromatic heterocycles. The Morgan fingerprint density at radius 2 is 1.88 bits per heavy atom. The fourth-order valence-electron chi connectivity index (χ4n) is 3.71. The first-order valence-corrected chi connectivity index (χ1v) is 11.5. The van der Waals surface area contributed by atoms with Crippen LogP contribution in [-0.4, -0.2) is 59.5 Å². The van der Waals surface area contributed by atoms with Gasteiger partial charge >= 0.3 is 0 Å². The van der Waals surface area contributed by atoms with E-state index in [0.29, 0.717) is 22.3 Å². The van der Waals surface area contributed by atoms with Crippen molar-refractivity contribution in [1.29, 1.82) is 0 Å². The molecule has 3 heterocycles. The van der Waals surface area contributed by atoms with Crippen molar-refractivity contribution in [3.63, 3.8) is 0 Å². The van der Waals surface area contributed by atoms with Crippen molar-refractivity contribution >= 4 is 23.4 Å². The molecule has 1 saturated heterocycles. The number of carbonyl (C=O) groups is 1. The zero-order valence-corrected chi connectivity index (χ0v) is 18.3. The Hall–Kier alpha value is -3.08. The summed E-state index contributed by atoms with van der Waals surface area (Å²) >= 11 is 1.36. The molecule has 0 atom stereocenters. The number of para-hydroxylation sites is 1. The third kappa shape index (κ3) is 4.72. The number of fused-ring (bicyclic) bond motifs is 1. The Kier molecular flexibility index (Phi) is 6.24. The number of morpholine rings is 1. The third-order valence-electron chi connectivity index (χ3n) is 5.31. The van der Waals surface area contributed by atoms with Crippen molar-refractivity contribution < 1.29 is 23.9 Å². The highest BCUT2D eigenvalue weighted by Gasteiger charge is 2.22. The minimum absolute atomic E-state index is 0.128. The molecule has 2 aromatic carbocycles. The molecular formula is C22H24N5O4S+. The Labute approximate surface area is 189 Å². The van der Waals surface area contributed by atoms with Gasteiger partial charge in [0, 0.05) is 17.4 Å². The maximum absolute atomic E-state index is 12.6. The number of hydrogen-bond acceptors (Lipinski definition) is 7. The number of nitrogens with one attached hydrogen (secondary N) is 2. The molecule has 5 rings (SSSR count). The molecule has 2 N–H and O–H groups in total. The quantitative estimate of drug-likeness (QED) is 0.518. The molecule has 166 valence electrons. The highest BCUT2D eigenvalue weighted by atomic mass is 32.2. The van der Waals surface area contributed by atoms with E-state index in [9.17, 15) is 4.79 Å². The summed E-state index contributed by atoms with van der Waals surface area (Å²) in [5, 5.41) is 12.5. The van der Waals surface area contributed by atoms with Crippen molar-refractivity contribution in [3.8, 4) is 17.2 Å². The molecule has 1 fully saturated rings. The maximum Gasteiger partial charge on any atom is 0.234 e. The van der Waals surface area contributed by atoms with E-state index < -0.39 is 0 Å². The molecule has 0 aliphatic carbocycles. The Morgan fingerprint density at radius 1 is 1.06 bits per heavy atom. The lowest BCUT2D eigenvalue weighted by molar-refractivity contribution is -0.922. The summed E-state index contributed by atoms with van der Waals surface area (Å²) in [5.41, 5.74) is 1.65. The second kappa shape index (κ2) is 9.60. The predicted molar refractivity (Wildman–Crippen MR) is 118 cm³/mol. The number of ether oxygens (including phenoxy) is 3. The largest absolute Gasteiger partial charge is 0.454 e. The highest BCUT2D eigenvalue weighted by Crippen LogP contribution is 2.34. The van der Waals surface area contributed by atoms with Crippen LogP contribution in [-0.2, 0) is 16.1 Å². The van der Waals surface area contributed by atoms with Crippen LogP contribution in [0.5, 0.6) is 11.5 Å². The molecule has 0 unspecified atom stereocenters. The van der Waals surface area contributed by atoms with Gasteiger partial charge in [0.2, 0.25) is 12.7 Å². The van der Waals surface area contributed by atoms with E-state index in [1.807, 2.05) is 34.9 Å². The average molecular weight is 455 g/mol. The normalized spacial score (nSPS) is 15.6. The summed E-state index contributed by atoms with van der Waals surface area (Å²) in [4.78, 5) is 14.0. The van der Waals surface area contributed by atoms with Gasteiger partial charge in [-0.1, -0.05) is 30.0 Å². The van der Waals surface area contributed by atoms with Gasteiger partial charge < -0.3 is 24.4 Å². The molecule has 1 amide bonds. The molecule has 2 aliphatic heterocycles. The smallest absolute Gasteiger partial charge is 0.234 e. The molecule has 0 radical (unpaired) electrons. The lowest BCUT2D eigenvalue weighted by Gasteiger charge is -2.23. The number of aromatic nitrogens is 3. The van der Waals surface area contributed by atoms with Crippen LogP contribution in [0.2, 0.25) is 0 Å². The van der Waals surface area contributed by atoms with Crippen LogP contribution in [0.1, 0.15) is 5.82 Å². The fraction of sp³-hybridized carbons (Fsp3) is 0.318. The van der Waals surface area contributed by atoms with Crippen molar-refractivity contribution in [2.45, 2.75) is 11.7 Å². The number of carbonyl (C=O) groups excluding carboxylic acids is 1. The van der Waals surface area contributed by atoms with E-state index in [1.54, 1.807) is 18.2 Å². The maximum atomic E-state index is 12.6. The standard InChI is InChI=1S/C22H23N5O4S/c28-21(23-16-6-7-18-19(12-16)31-15-30-18)14-32-22-25-24-20(13-26-8-10-29-11-9-26)27(22)17-4-2-1-3-5-17/h1-7,12H,8-11,13-15H2,(H,23,28)/p+1. The second-order valence-electron chi connectivity index (χ2n) is 7.51. The van der Waals surface area contributed by atoms with Gasteiger partial charge in [0.25, 0.3) is 0 Å². The number of benzene rings is 2. The van der Waals surface area contributed by atoms with E-state index >= 15 is 0 Å². The molecule has 0 spiro atoms. The van der Waals surface area contributed by atoms with Crippen LogP contribution >= 0.6 is 11.8 Å². The number of nitrogens with zero attached hydrogens (tertiary/aromatic N) is 3. The second-order valence-corrected chi connectivity index (χ2v) is 8.46. The summed E-state index contributed by atoms with van der Waals surface area (Å²) in [6.45, 7) is 4.37. The van der Waals surface area contributed by atoms with Crippen LogP contribution in [0.15, 0.2) is 53.7 Å². The van der Waals surface area contributed by atoms with E-state index in [0.717, 1.165) is 44.4 Å². The number of quaternary nitrogens is 1. The third-order valence-corrected chi connectivity index (χ3v) is 6.24. The SMILES string of the molecule is O=C(CSc1nnc(C[NH+]2CCOCC2)n1-c1ccccc1)Nc1ccc2c(c1)OCO2. The molecule has 0 bridgehead atoms. The van der Waals surface area contributed by atoms with E-state index in [-0.39, 0.29) is 18.5 Å². The minimum atomic E-state index is -0.128. The van der Waals surface area contributed by atoms with Crippen LogP contribution in [0.4, 0.5) is 5.69 Å². The first-order chi connectivity index (χ1) is 15.8. The van der Waals surface area contributed by atoms with Crippen LogP contribution in [0.3, 0.4) is 0 Å². The van der Waals surface area contributed by atoms with Gasteiger partial charge in [-0.15, -0.1) is 10.2 Å². The molecule has 32 heavy (non-hydrogen) atoms. The van der Waals surface area contributed by atoms with Crippen molar-refractivity contribution in [2.75, 3.05) is 44.2 Å².